The van der Waals surface area contributed by atoms with Crippen molar-refractivity contribution in [1.29, 1.82) is 0 Å². The van der Waals surface area contributed by atoms with E-state index >= 15 is 0 Å². The molecule has 0 spiro atoms. The van der Waals surface area contributed by atoms with Crippen LogP contribution >= 0.6 is 0 Å². The van der Waals surface area contributed by atoms with Gasteiger partial charge in [-0.1, -0.05) is 35.9 Å². The van der Waals surface area contributed by atoms with E-state index in [0.29, 0.717) is 5.69 Å². The topological polar surface area (TPSA) is 63.2 Å². The Bertz CT molecular complexity index is 789. The lowest BCUT2D eigenvalue weighted by molar-refractivity contribution is -0.112. The maximum absolute atomic E-state index is 12.2. The van der Waals surface area contributed by atoms with Gasteiger partial charge in [0.25, 0.3) is 10.0 Å². The molecule has 0 atom stereocenters. The summed E-state index contributed by atoms with van der Waals surface area (Å²) in [5.74, 6) is -0.0378. The standard InChI is InChI=1S/C17H17NO3S/c1-13-3-11-17(12-4-13)22(20,21)18-16-9-7-15(8-10-16)6-5-14(2)19/h3-12,18H,1-2H3/b6-5+. The van der Waals surface area contributed by atoms with Gasteiger partial charge in [-0.2, -0.15) is 0 Å². The van der Waals surface area contributed by atoms with Gasteiger partial charge >= 0.3 is 0 Å². The lowest BCUT2D eigenvalue weighted by Crippen LogP contribution is -2.12. The molecule has 2 aromatic carbocycles. The number of carbonyl (C=O) groups excluding carboxylic acids is 1. The molecule has 0 heterocycles. The summed E-state index contributed by atoms with van der Waals surface area (Å²) in [5.41, 5.74) is 2.30. The third-order valence-corrected chi connectivity index (χ3v) is 4.40. The molecule has 0 amide bonds. The second kappa shape index (κ2) is 6.58. The minimum atomic E-state index is -3.59. The van der Waals surface area contributed by atoms with E-state index in [2.05, 4.69) is 4.72 Å². The molecule has 22 heavy (non-hydrogen) atoms. The zero-order chi connectivity index (χ0) is 16.2. The molecule has 4 nitrogen and oxygen atoms in total. The van der Waals surface area contributed by atoms with E-state index in [9.17, 15) is 13.2 Å². The SMILES string of the molecule is CC(=O)/C=C/c1ccc(NS(=O)(=O)c2ccc(C)cc2)cc1. The van der Waals surface area contributed by atoms with Gasteiger partial charge in [-0.15, -0.1) is 0 Å². The van der Waals surface area contributed by atoms with E-state index < -0.39 is 10.0 Å². The molecule has 5 heteroatoms. The summed E-state index contributed by atoms with van der Waals surface area (Å²) in [7, 11) is -3.59. The fraction of sp³-hybridized carbons (Fsp3) is 0.118. The van der Waals surface area contributed by atoms with Crippen molar-refractivity contribution in [3.63, 3.8) is 0 Å². The Morgan fingerprint density at radius 1 is 1.00 bits per heavy atom. The monoisotopic (exact) mass is 315 g/mol. The van der Waals surface area contributed by atoms with Gasteiger partial charge in [-0.05, 0) is 49.8 Å². The summed E-state index contributed by atoms with van der Waals surface area (Å²) in [4.78, 5) is 11.1. The molecule has 0 radical (unpaired) electrons. The molecule has 0 fully saturated rings. The molecule has 0 aliphatic rings. The molecular formula is C17H17NO3S. The zero-order valence-corrected chi connectivity index (χ0v) is 13.2. The fourth-order valence-electron chi connectivity index (χ4n) is 1.81. The summed E-state index contributed by atoms with van der Waals surface area (Å²) < 4.78 is 27.0. The Morgan fingerprint density at radius 3 is 2.14 bits per heavy atom. The Balaban J connectivity index is 2.16. The van der Waals surface area contributed by atoms with Crippen molar-refractivity contribution < 1.29 is 13.2 Å². The predicted molar refractivity (Wildman–Crippen MR) is 88.1 cm³/mol. The highest BCUT2D eigenvalue weighted by Gasteiger charge is 2.13. The van der Waals surface area contributed by atoms with Crippen molar-refractivity contribution in [2.75, 3.05) is 4.72 Å². The van der Waals surface area contributed by atoms with Gasteiger partial charge in [0.05, 0.1) is 4.90 Å². The third kappa shape index (κ3) is 4.30. The lowest BCUT2D eigenvalue weighted by atomic mass is 10.2. The van der Waals surface area contributed by atoms with E-state index in [1.54, 1.807) is 54.6 Å². The van der Waals surface area contributed by atoms with Crippen LogP contribution in [0.15, 0.2) is 59.5 Å². The van der Waals surface area contributed by atoms with Gasteiger partial charge in [-0.25, -0.2) is 8.42 Å². The van der Waals surface area contributed by atoms with Crippen LogP contribution in [0, 0.1) is 6.92 Å². The average Bonchev–Trinajstić information content (AvgIpc) is 2.46. The Morgan fingerprint density at radius 2 is 1.59 bits per heavy atom. The maximum atomic E-state index is 12.2. The summed E-state index contributed by atoms with van der Waals surface area (Å²) in [5, 5.41) is 0. The largest absolute Gasteiger partial charge is 0.295 e. The van der Waals surface area contributed by atoms with Crippen molar-refractivity contribution in [2.24, 2.45) is 0 Å². The van der Waals surface area contributed by atoms with Crippen LogP contribution in [0.4, 0.5) is 5.69 Å². The number of rotatable bonds is 5. The van der Waals surface area contributed by atoms with Crippen LogP contribution in [0.25, 0.3) is 6.08 Å². The number of aryl methyl sites for hydroxylation is 1. The summed E-state index contributed by atoms with van der Waals surface area (Å²) in [6, 6.07) is 13.5. The van der Waals surface area contributed by atoms with E-state index in [1.807, 2.05) is 6.92 Å². The van der Waals surface area contributed by atoms with Crippen LogP contribution in [0.1, 0.15) is 18.1 Å². The van der Waals surface area contributed by atoms with Crippen molar-refractivity contribution in [3.8, 4) is 0 Å². The van der Waals surface area contributed by atoms with E-state index in [4.69, 9.17) is 0 Å². The highest BCUT2D eigenvalue weighted by Crippen LogP contribution is 2.17. The van der Waals surface area contributed by atoms with Crippen molar-refractivity contribution >= 4 is 27.6 Å². The van der Waals surface area contributed by atoms with Crippen molar-refractivity contribution in [2.45, 2.75) is 18.7 Å². The number of anilines is 1. The average molecular weight is 315 g/mol. The molecule has 2 rings (SSSR count). The molecule has 0 aliphatic carbocycles. The number of hydrogen-bond donors (Lipinski definition) is 1. The predicted octanol–water partition coefficient (Wildman–Crippen LogP) is 3.40. The number of carbonyl (C=O) groups is 1. The van der Waals surface area contributed by atoms with Gasteiger partial charge in [0.1, 0.15) is 0 Å². The number of nitrogens with one attached hydrogen (secondary N) is 1. The number of benzene rings is 2. The first-order chi connectivity index (χ1) is 10.4. The summed E-state index contributed by atoms with van der Waals surface area (Å²) in [6.07, 6.45) is 3.14. The van der Waals surface area contributed by atoms with Gasteiger partial charge in [0.2, 0.25) is 0 Å². The van der Waals surface area contributed by atoms with Crippen LogP contribution in [0.2, 0.25) is 0 Å². The summed E-state index contributed by atoms with van der Waals surface area (Å²) in [6.45, 7) is 3.37. The van der Waals surface area contributed by atoms with Crippen LogP contribution in [0.5, 0.6) is 0 Å². The minimum Gasteiger partial charge on any atom is -0.295 e. The van der Waals surface area contributed by atoms with Crippen molar-refractivity contribution in [1.82, 2.24) is 0 Å². The molecular weight excluding hydrogens is 298 g/mol. The molecule has 0 saturated heterocycles. The lowest BCUT2D eigenvalue weighted by Gasteiger charge is -2.08. The summed E-state index contributed by atoms with van der Waals surface area (Å²) >= 11 is 0. The van der Waals surface area contributed by atoms with Crippen LogP contribution < -0.4 is 4.72 Å². The maximum Gasteiger partial charge on any atom is 0.261 e. The molecule has 114 valence electrons. The molecule has 0 saturated carbocycles. The van der Waals surface area contributed by atoms with Crippen LogP contribution in [0.3, 0.4) is 0 Å². The number of allylic oxidation sites excluding steroid dienone is 1. The van der Waals surface area contributed by atoms with Gasteiger partial charge in [0, 0.05) is 5.69 Å². The minimum absolute atomic E-state index is 0.0378. The highest BCUT2D eigenvalue weighted by molar-refractivity contribution is 7.92. The molecule has 0 unspecified atom stereocenters. The quantitative estimate of drug-likeness (QED) is 0.860. The molecule has 2 aromatic rings. The third-order valence-electron chi connectivity index (χ3n) is 3.00. The highest BCUT2D eigenvalue weighted by atomic mass is 32.2. The van der Waals surface area contributed by atoms with Crippen molar-refractivity contribution in [3.05, 3.63) is 65.7 Å². The van der Waals surface area contributed by atoms with Gasteiger partial charge < -0.3 is 0 Å². The Labute approximate surface area is 130 Å². The number of hydrogen-bond acceptors (Lipinski definition) is 3. The second-order valence-electron chi connectivity index (χ2n) is 4.98. The molecule has 0 bridgehead atoms. The first-order valence-electron chi connectivity index (χ1n) is 6.75. The van der Waals surface area contributed by atoms with Crippen LogP contribution in [-0.2, 0) is 14.8 Å². The number of sulfonamides is 1. The molecule has 1 N–H and O–H groups in total. The molecule has 0 aromatic heterocycles. The first kappa shape index (κ1) is 16.0. The van der Waals surface area contributed by atoms with Gasteiger partial charge in [0.15, 0.2) is 5.78 Å². The smallest absolute Gasteiger partial charge is 0.261 e. The fourth-order valence-corrected chi connectivity index (χ4v) is 2.87. The second-order valence-corrected chi connectivity index (χ2v) is 6.67. The Hall–Kier alpha value is -2.40. The molecule has 0 aliphatic heterocycles. The zero-order valence-electron chi connectivity index (χ0n) is 12.4. The van der Waals surface area contributed by atoms with Crippen LogP contribution in [-0.4, -0.2) is 14.2 Å². The van der Waals surface area contributed by atoms with E-state index in [-0.39, 0.29) is 10.7 Å². The Kier molecular flexibility index (Phi) is 4.78. The van der Waals surface area contributed by atoms with E-state index in [0.717, 1.165) is 11.1 Å². The number of ketones is 1. The first-order valence-corrected chi connectivity index (χ1v) is 8.23. The van der Waals surface area contributed by atoms with E-state index in [1.165, 1.54) is 13.0 Å². The normalized spacial score (nSPS) is 11.5. The van der Waals surface area contributed by atoms with Gasteiger partial charge in [-0.3, -0.25) is 9.52 Å².